The van der Waals surface area contributed by atoms with Gasteiger partial charge in [0.05, 0.1) is 0 Å². The van der Waals surface area contributed by atoms with E-state index in [1.165, 1.54) is 9.13 Å². The zero-order valence-electron chi connectivity index (χ0n) is 6.85. The van der Waals surface area contributed by atoms with E-state index in [0.29, 0.717) is 0 Å². The van der Waals surface area contributed by atoms with E-state index in [4.69, 9.17) is 17.3 Å². The first kappa shape index (κ1) is 10.3. The van der Waals surface area contributed by atoms with Crippen LogP contribution >= 0.6 is 34.2 Å². The Morgan fingerprint density at radius 3 is 2.75 bits per heavy atom. The molecule has 0 bridgehead atoms. The second kappa shape index (κ2) is 4.44. The van der Waals surface area contributed by atoms with Gasteiger partial charge in [-0.15, -0.1) is 0 Å². The molecule has 0 fully saturated rings. The highest BCUT2D eigenvalue weighted by Gasteiger charge is 2.02. The molecule has 0 spiro atoms. The van der Waals surface area contributed by atoms with Gasteiger partial charge >= 0.3 is 0 Å². The zero-order chi connectivity index (χ0) is 9.14. The van der Waals surface area contributed by atoms with E-state index in [-0.39, 0.29) is 6.04 Å². The minimum atomic E-state index is 0.208. The zero-order valence-corrected chi connectivity index (χ0v) is 9.76. The summed E-state index contributed by atoms with van der Waals surface area (Å²) in [5.41, 5.74) is 6.97. The number of halogens is 2. The molecule has 1 aromatic rings. The summed E-state index contributed by atoms with van der Waals surface area (Å²) >= 11 is 8.10. The van der Waals surface area contributed by atoms with E-state index in [1.807, 2.05) is 25.1 Å². The highest BCUT2D eigenvalue weighted by molar-refractivity contribution is 14.1. The minimum absolute atomic E-state index is 0.208. The Bertz CT molecular complexity index is 273. The molecule has 1 rings (SSSR count). The molecule has 0 saturated carbocycles. The number of benzene rings is 1. The van der Waals surface area contributed by atoms with Gasteiger partial charge in [-0.2, -0.15) is 0 Å². The van der Waals surface area contributed by atoms with Gasteiger partial charge in [0.1, 0.15) is 0 Å². The van der Waals surface area contributed by atoms with Crippen LogP contribution < -0.4 is 5.73 Å². The van der Waals surface area contributed by atoms with E-state index >= 15 is 0 Å². The second-order valence-corrected chi connectivity index (χ2v) is 4.52. The van der Waals surface area contributed by atoms with Gasteiger partial charge in [-0.3, -0.25) is 0 Å². The molecule has 0 saturated heterocycles. The predicted octanol–water partition coefficient (Wildman–Crippen LogP) is 2.83. The van der Waals surface area contributed by atoms with Crippen LogP contribution in [0.25, 0.3) is 0 Å². The fourth-order valence-corrected chi connectivity index (χ4v) is 2.13. The lowest BCUT2D eigenvalue weighted by atomic mass is 10.1. The Kier molecular flexibility index (Phi) is 3.80. The number of hydrogen-bond donors (Lipinski definition) is 1. The van der Waals surface area contributed by atoms with Crippen LogP contribution in [0.4, 0.5) is 0 Å². The molecule has 0 radical (unpaired) electrons. The largest absolute Gasteiger partial charge is 0.328 e. The van der Waals surface area contributed by atoms with Crippen LogP contribution in [-0.4, -0.2) is 6.04 Å². The van der Waals surface area contributed by atoms with E-state index < -0.39 is 0 Å². The molecule has 0 heterocycles. The van der Waals surface area contributed by atoms with Crippen molar-refractivity contribution in [2.45, 2.75) is 19.4 Å². The van der Waals surface area contributed by atoms with Crippen molar-refractivity contribution < 1.29 is 0 Å². The molecule has 12 heavy (non-hydrogen) atoms. The maximum absolute atomic E-state index is 5.82. The molecule has 66 valence electrons. The van der Waals surface area contributed by atoms with Gasteiger partial charge < -0.3 is 5.73 Å². The maximum atomic E-state index is 5.82. The standard InChI is InChI=1S/C9H11ClIN/c1-6(12)4-7-2-3-8(10)5-9(7)11/h2-3,5-6H,4,12H2,1H3/t6-/m0/s1. The van der Waals surface area contributed by atoms with Crippen molar-refractivity contribution in [3.05, 3.63) is 32.4 Å². The lowest BCUT2D eigenvalue weighted by Gasteiger charge is -2.07. The van der Waals surface area contributed by atoms with Crippen molar-refractivity contribution in [1.29, 1.82) is 0 Å². The summed E-state index contributed by atoms with van der Waals surface area (Å²) in [5.74, 6) is 0. The van der Waals surface area contributed by atoms with Gasteiger partial charge in [0, 0.05) is 14.6 Å². The summed E-state index contributed by atoms with van der Waals surface area (Å²) in [7, 11) is 0. The van der Waals surface area contributed by atoms with Crippen LogP contribution in [0.3, 0.4) is 0 Å². The normalized spacial score (nSPS) is 13.0. The fraction of sp³-hybridized carbons (Fsp3) is 0.333. The molecule has 0 unspecified atom stereocenters. The van der Waals surface area contributed by atoms with Crippen molar-refractivity contribution in [1.82, 2.24) is 0 Å². The number of hydrogen-bond acceptors (Lipinski definition) is 1. The first-order valence-electron chi connectivity index (χ1n) is 3.79. The van der Waals surface area contributed by atoms with Crippen LogP contribution in [0.5, 0.6) is 0 Å². The predicted molar refractivity (Wildman–Crippen MR) is 61.5 cm³/mol. The molecule has 2 N–H and O–H groups in total. The van der Waals surface area contributed by atoms with Crippen molar-refractivity contribution >= 4 is 34.2 Å². The van der Waals surface area contributed by atoms with Crippen LogP contribution in [0, 0.1) is 3.57 Å². The third kappa shape index (κ3) is 2.92. The van der Waals surface area contributed by atoms with Crippen molar-refractivity contribution in [2.75, 3.05) is 0 Å². The first-order valence-corrected chi connectivity index (χ1v) is 5.25. The summed E-state index contributed by atoms with van der Waals surface area (Å²) in [4.78, 5) is 0. The van der Waals surface area contributed by atoms with Crippen LogP contribution in [0.1, 0.15) is 12.5 Å². The molecule has 0 aliphatic rings. The molecular formula is C9H11ClIN. The number of nitrogens with two attached hydrogens (primary N) is 1. The third-order valence-corrected chi connectivity index (χ3v) is 2.80. The van der Waals surface area contributed by atoms with Gasteiger partial charge in [-0.25, -0.2) is 0 Å². The summed E-state index contributed by atoms with van der Waals surface area (Å²) in [6.07, 6.45) is 0.912. The van der Waals surface area contributed by atoms with E-state index in [9.17, 15) is 0 Å². The van der Waals surface area contributed by atoms with Gasteiger partial charge in [0.2, 0.25) is 0 Å². The summed E-state index contributed by atoms with van der Waals surface area (Å²) in [6, 6.07) is 6.11. The minimum Gasteiger partial charge on any atom is -0.328 e. The first-order chi connectivity index (χ1) is 5.59. The van der Waals surface area contributed by atoms with E-state index in [1.54, 1.807) is 0 Å². The Hall–Kier alpha value is 0.200. The monoisotopic (exact) mass is 295 g/mol. The average Bonchev–Trinajstić information content (AvgIpc) is 1.94. The summed E-state index contributed by atoms with van der Waals surface area (Å²) < 4.78 is 1.19. The molecule has 1 nitrogen and oxygen atoms in total. The quantitative estimate of drug-likeness (QED) is 0.834. The van der Waals surface area contributed by atoms with Crippen molar-refractivity contribution in [3.8, 4) is 0 Å². The Balaban J connectivity index is 2.86. The molecule has 1 atom stereocenters. The van der Waals surface area contributed by atoms with E-state index in [0.717, 1.165) is 11.4 Å². The molecule has 0 amide bonds. The number of rotatable bonds is 2. The fourth-order valence-electron chi connectivity index (χ4n) is 1.03. The highest BCUT2D eigenvalue weighted by Crippen LogP contribution is 2.18. The molecule has 0 aliphatic carbocycles. The lowest BCUT2D eigenvalue weighted by Crippen LogP contribution is -2.18. The van der Waals surface area contributed by atoms with Gasteiger partial charge in [-0.05, 0) is 53.6 Å². The van der Waals surface area contributed by atoms with Crippen LogP contribution in [0.15, 0.2) is 18.2 Å². The highest BCUT2D eigenvalue weighted by atomic mass is 127. The summed E-state index contributed by atoms with van der Waals surface area (Å²) in [5, 5.41) is 0.785. The van der Waals surface area contributed by atoms with Crippen LogP contribution in [0.2, 0.25) is 5.02 Å². The Morgan fingerprint density at radius 2 is 2.25 bits per heavy atom. The van der Waals surface area contributed by atoms with Gasteiger partial charge in [0.15, 0.2) is 0 Å². The van der Waals surface area contributed by atoms with E-state index in [2.05, 4.69) is 22.6 Å². The summed E-state index contributed by atoms with van der Waals surface area (Å²) in [6.45, 7) is 2.00. The molecule has 1 aromatic carbocycles. The smallest absolute Gasteiger partial charge is 0.0416 e. The van der Waals surface area contributed by atoms with Crippen molar-refractivity contribution in [3.63, 3.8) is 0 Å². The lowest BCUT2D eigenvalue weighted by molar-refractivity contribution is 0.736. The molecular weight excluding hydrogens is 284 g/mol. The molecule has 0 aliphatic heterocycles. The third-order valence-electron chi connectivity index (χ3n) is 1.56. The second-order valence-electron chi connectivity index (χ2n) is 2.92. The van der Waals surface area contributed by atoms with Gasteiger partial charge in [0.25, 0.3) is 0 Å². The van der Waals surface area contributed by atoms with Gasteiger partial charge in [-0.1, -0.05) is 17.7 Å². The molecule has 0 aromatic heterocycles. The van der Waals surface area contributed by atoms with Crippen molar-refractivity contribution in [2.24, 2.45) is 5.73 Å². The molecule has 3 heteroatoms. The SMILES string of the molecule is C[C@H](N)Cc1ccc(Cl)cc1I. The topological polar surface area (TPSA) is 26.0 Å². The maximum Gasteiger partial charge on any atom is 0.0416 e. The Labute approximate surface area is 91.4 Å². The van der Waals surface area contributed by atoms with Crippen LogP contribution in [-0.2, 0) is 6.42 Å². The average molecular weight is 296 g/mol. The Morgan fingerprint density at radius 1 is 1.58 bits per heavy atom.